The fourth-order valence-corrected chi connectivity index (χ4v) is 2.45. The molecule has 0 N–H and O–H groups in total. The monoisotopic (exact) mass is 252 g/mol. The summed E-state index contributed by atoms with van der Waals surface area (Å²) in [6, 6.07) is 0. The Bertz CT molecular complexity index is 150. The van der Waals surface area contributed by atoms with E-state index in [0.717, 1.165) is 6.42 Å². The van der Waals surface area contributed by atoms with E-state index in [9.17, 15) is 0 Å². The molecule has 0 nitrogen and oxygen atoms in total. The summed E-state index contributed by atoms with van der Waals surface area (Å²) in [6.45, 7) is 2.20. The van der Waals surface area contributed by atoms with E-state index < -0.39 is 6.69 Å². The van der Waals surface area contributed by atoms with Gasteiger partial charge in [0.25, 0.3) is 6.69 Å². The summed E-state index contributed by atoms with van der Waals surface area (Å²) < 4.78 is 0. The number of unbranched alkanes of at least 4 members (excludes halogenated alkanes) is 6. The van der Waals surface area contributed by atoms with Gasteiger partial charge >= 0.3 is 0 Å². The average Bonchev–Trinajstić information content (AvgIpc) is 2.08. The van der Waals surface area contributed by atoms with Gasteiger partial charge in [-0.2, -0.15) is 0 Å². The van der Waals surface area contributed by atoms with Crippen LogP contribution in [0.1, 0.15) is 51.9 Å². The van der Waals surface area contributed by atoms with Crippen LogP contribution in [-0.4, -0.2) is 6.69 Å². The molecule has 0 heterocycles. The van der Waals surface area contributed by atoms with Gasteiger partial charge in [-0.3, -0.25) is 0 Å². The molecule has 0 aliphatic rings. The molecular weight excluding hydrogens is 231 g/mol. The van der Waals surface area contributed by atoms with Crippen molar-refractivity contribution in [2.45, 2.75) is 58.4 Å². The summed E-state index contributed by atoms with van der Waals surface area (Å²) in [4.78, 5) is 0. The van der Waals surface area contributed by atoms with Crippen LogP contribution in [-0.2, 0) is 0 Å². The first-order valence-corrected chi connectivity index (χ1v) is 10.2. The molecule has 0 radical (unpaired) electrons. The van der Waals surface area contributed by atoms with Crippen LogP contribution in [0.2, 0.25) is 6.55 Å². The highest BCUT2D eigenvalue weighted by Crippen LogP contribution is 2.16. The normalized spacial score (nSPS) is 12.6. The highest BCUT2D eigenvalue weighted by Gasteiger charge is 2.14. The lowest BCUT2D eigenvalue weighted by Crippen LogP contribution is -2.07. The lowest BCUT2D eigenvalue weighted by atomic mass is 10.1. The maximum Gasteiger partial charge on any atom is 0.270 e. The van der Waals surface area contributed by atoms with Crippen LogP contribution in [0.5, 0.6) is 0 Å². The van der Waals surface area contributed by atoms with Gasteiger partial charge in [0.2, 0.25) is 0 Å². The minimum atomic E-state index is -1.97. The third-order valence-electron chi connectivity index (χ3n) is 2.13. The summed E-state index contributed by atoms with van der Waals surface area (Å²) >= 11 is 11.9. The molecule has 0 aliphatic carbocycles. The molecule has 0 bridgehead atoms. The van der Waals surface area contributed by atoms with E-state index in [1.54, 1.807) is 0 Å². The molecule has 0 unspecified atom stereocenters. The van der Waals surface area contributed by atoms with E-state index >= 15 is 0 Å². The van der Waals surface area contributed by atoms with Crippen molar-refractivity contribution in [2.75, 3.05) is 0 Å². The van der Waals surface area contributed by atoms with Crippen LogP contribution in [0.15, 0.2) is 11.8 Å². The molecule has 0 saturated carbocycles. The largest absolute Gasteiger partial charge is 0.270 e. The Hall–Kier alpha value is 0.537. The Labute approximate surface area is 99.1 Å². The topological polar surface area (TPSA) is 0 Å². The van der Waals surface area contributed by atoms with Crippen LogP contribution in [0.4, 0.5) is 0 Å². The molecule has 0 amide bonds. The van der Waals surface area contributed by atoms with Gasteiger partial charge in [0.15, 0.2) is 0 Å². The Morgan fingerprint density at radius 1 is 1.00 bits per heavy atom. The van der Waals surface area contributed by atoms with Crippen LogP contribution in [0.3, 0.4) is 0 Å². The number of allylic oxidation sites excluding steroid dienone is 1. The third-order valence-corrected chi connectivity index (χ3v) is 3.71. The molecule has 3 heteroatoms. The average molecular weight is 253 g/mol. The molecule has 84 valence electrons. The van der Waals surface area contributed by atoms with Crippen molar-refractivity contribution in [1.29, 1.82) is 0 Å². The zero-order valence-electron chi connectivity index (χ0n) is 9.36. The van der Waals surface area contributed by atoms with Gasteiger partial charge in [-0.05, 0) is 19.4 Å². The second kappa shape index (κ2) is 8.81. The predicted molar refractivity (Wildman–Crippen MR) is 70.5 cm³/mol. The third kappa shape index (κ3) is 12.5. The van der Waals surface area contributed by atoms with Crippen LogP contribution >= 0.6 is 22.2 Å². The minimum absolute atomic E-state index is 1.13. The molecule has 0 atom stereocenters. The number of rotatable bonds is 8. The molecule has 14 heavy (non-hydrogen) atoms. The highest BCUT2D eigenvalue weighted by molar-refractivity contribution is 7.47. The van der Waals surface area contributed by atoms with Crippen molar-refractivity contribution in [1.82, 2.24) is 0 Å². The first-order valence-electron chi connectivity index (χ1n) is 5.62. The van der Waals surface area contributed by atoms with Crippen molar-refractivity contribution >= 4 is 28.9 Å². The van der Waals surface area contributed by atoms with Gasteiger partial charge in [-0.1, -0.05) is 50.8 Å². The molecule has 0 rings (SSSR count). The van der Waals surface area contributed by atoms with Crippen molar-refractivity contribution in [3.8, 4) is 0 Å². The maximum absolute atomic E-state index is 5.93. The number of halogens is 2. The van der Waals surface area contributed by atoms with Gasteiger partial charge in [-0.15, -0.1) is 22.2 Å². The quantitative estimate of drug-likeness (QED) is 0.309. The Morgan fingerprint density at radius 2 is 1.57 bits per heavy atom. The standard InChI is InChI=1S/C11H22Cl2Si/c1-3-4-5-6-7-8-9-10-11-14(2,12)13/h10-11H,3-9H2,1-2H3/b11-10+. The number of hydrogen-bond donors (Lipinski definition) is 0. The molecule has 0 saturated heterocycles. The Balaban J connectivity index is 3.17. The van der Waals surface area contributed by atoms with E-state index in [1.807, 2.05) is 12.2 Å². The molecular formula is C11H22Cl2Si. The van der Waals surface area contributed by atoms with E-state index in [0.29, 0.717) is 0 Å². The second-order valence-electron chi connectivity index (χ2n) is 3.92. The molecule has 0 aliphatic heterocycles. The van der Waals surface area contributed by atoms with Gasteiger partial charge in [0, 0.05) is 0 Å². The zero-order chi connectivity index (χ0) is 10.9. The molecule has 0 aromatic carbocycles. The summed E-state index contributed by atoms with van der Waals surface area (Å²) in [6.07, 6.45) is 11.4. The Morgan fingerprint density at radius 3 is 2.14 bits per heavy atom. The van der Waals surface area contributed by atoms with Crippen molar-refractivity contribution < 1.29 is 0 Å². The number of hydrogen-bond acceptors (Lipinski definition) is 0. The fraction of sp³-hybridized carbons (Fsp3) is 0.818. The van der Waals surface area contributed by atoms with E-state index in [-0.39, 0.29) is 0 Å². The first-order chi connectivity index (χ1) is 6.56. The van der Waals surface area contributed by atoms with Crippen LogP contribution in [0, 0.1) is 0 Å². The molecule has 0 fully saturated rings. The molecule has 0 spiro atoms. The highest BCUT2D eigenvalue weighted by atomic mass is 35.7. The maximum atomic E-state index is 5.93. The minimum Gasteiger partial charge on any atom is -0.141 e. The smallest absolute Gasteiger partial charge is 0.141 e. The summed E-state index contributed by atoms with van der Waals surface area (Å²) in [5, 5.41) is 0. The van der Waals surface area contributed by atoms with E-state index in [1.165, 1.54) is 38.5 Å². The lowest BCUT2D eigenvalue weighted by molar-refractivity contribution is 0.611. The van der Waals surface area contributed by atoms with Crippen LogP contribution in [0.25, 0.3) is 0 Å². The van der Waals surface area contributed by atoms with Gasteiger partial charge in [-0.25, -0.2) is 0 Å². The summed E-state index contributed by atoms with van der Waals surface area (Å²) in [7, 11) is 0. The molecule has 0 aromatic heterocycles. The Kier molecular flexibility index (Phi) is 9.15. The van der Waals surface area contributed by atoms with Crippen molar-refractivity contribution in [2.24, 2.45) is 0 Å². The van der Waals surface area contributed by atoms with Gasteiger partial charge in [0.05, 0.1) is 0 Å². The van der Waals surface area contributed by atoms with Crippen molar-refractivity contribution in [3.05, 3.63) is 11.8 Å². The van der Waals surface area contributed by atoms with Crippen LogP contribution < -0.4 is 0 Å². The predicted octanol–water partition coefficient (Wildman–Crippen LogP) is 5.38. The van der Waals surface area contributed by atoms with E-state index in [4.69, 9.17) is 22.2 Å². The summed E-state index contributed by atoms with van der Waals surface area (Å²) in [5.41, 5.74) is 2.00. The first kappa shape index (κ1) is 14.5. The fourth-order valence-electron chi connectivity index (χ4n) is 1.33. The van der Waals surface area contributed by atoms with Gasteiger partial charge < -0.3 is 0 Å². The second-order valence-corrected chi connectivity index (χ2v) is 11.5. The summed E-state index contributed by atoms with van der Waals surface area (Å²) in [5.74, 6) is 0. The zero-order valence-corrected chi connectivity index (χ0v) is 11.9. The van der Waals surface area contributed by atoms with E-state index in [2.05, 4.69) is 13.0 Å². The van der Waals surface area contributed by atoms with Crippen molar-refractivity contribution in [3.63, 3.8) is 0 Å². The van der Waals surface area contributed by atoms with Gasteiger partial charge in [0.1, 0.15) is 0 Å². The lowest BCUT2D eigenvalue weighted by Gasteiger charge is -2.01. The SMILES string of the molecule is CCCCCCCC/C=C/[Si](C)(Cl)Cl. The molecule has 0 aromatic rings.